The molecule has 0 fully saturated rings. The van der Waals surface area contributed by atoms with Gasteiger partial charge in [-0.1, -0.05) is 102 Å². The molecule has 0 bridgehead atoms. The number of aliphatic imine (C=N–C) groups is 2. The number of aromatic nitrogens is 1. The van der Waals surface area contributed by atoms with Crippen LogP contribution < -0.4 is 37.2 Å². The molecule has 0 saturated carbocycles. The van der Waals surface area contributed by atoms with Gasteiger partial charge >= 0.3 is 18.6 Å². The van der Waals surface area contributed by atoms with Gasteiger partial charge in [0.25, 0.3) is 0 Å². The fraction of sp³-hybridized carbons (Fsp3) is 0.424. The molecule has 0 atom stereocenters. The topological polar surface area (TPSA) is 37.6 Å². The molecule has 3 nitrogen and oxygen atoms in total. The third-order valence-corrected chi connectivity index (χ3v) is 6.81. The van der Waals surface area contributed by atoms with Gasteiger partial charge in [0, 0.05) is 5.02 Å². The van der Waals surface area contributed by atoms with E-state index < -0.39 is 0 Å². The van der Waals surface area contributed by atoms with E-state index in [0.29, 0.717) is 28.7 Å². The van der Waals surface area contributed by atoms with E-state index in [2.05, 4.69) is 93.5 Å². The normalized spacial score (nSPS) is 11.2. The molecule has 41 heavy (non-hydrogen) atoms. The summed E-state index contributed by atoms with van der Waals surface area (Å²) in [6.45, 7) is 22.0. The quantitative estimate of drug-likeness (QED) is 0.333. The number of pyridine rings is 1. The van der Waals surface area contributed by atoms with Crippen LogP contribution in [0.25, 0.3) is 0 Å². The van der Waals surface area contributed by atoms with Gasteiger partial charge in [-0.05, 0) is 71.9 Å². The summed E-state index contributed by atoms with van der Waals surface area (Å²) in [5.74, 6) is 1.50. The first-order valence-electron chi connectivity index (χ1n) is 13.4. The summed E-state index contributed by atoms with van der Waals surface area (Å²) in [5.41, 5.74) is 11.1. The second-order valence-electron chi connectivity index (χ2n) is 11.4. The van der Waals surface area contributed by atoms with Gasteiger partial charge in [0.05, 0.1) is 35.2 Å². The summed E-state index contributed by atoms with van der Waals surface area (Å²) in [5, 5.41) is 0.618. The van der Waals surface area contributed by atoms with E-state index in [4.69, 9.17) is 26.6 Å². The molecule has 0 spiro atoms. The van der Waals surface area contributed by atoms with Gasteiger partial charge in [0.1, 0.15) is 0 Å². The van der Waals surface area contributed by atoms with E-state index in [1.165, 1.54) is 33.4 Å². The number of nitrogens with zero attached hydrogens (tertiary/aromatic N) is 3. The van der Waals surface area contributed by atoms with Crippen molar-refractivity contribution in [1.82, 2.24) is 4.98 Å². The molecule has 1 aromatic heterocycles. The fourth-order valence-electron chi connectivity index (χ4n) is 4.66. The van der Waals surface area contributed by atoms with Gasteiger partial charge in [-0.3, -0.25) is 9.98 Å². The predicted octanol–water partition coefficient (Wildman–Crippen LogP) is 1.36. The van der Waals surface area contributed by atoms with Crippen molar-refractivity contribution < 1.29 is 55.8 Å². The summed E-state index contributed by atoms with van der Waals surface area (Å²) >= 11 is 6.52. The van der Waals surface area contributed by atoms with Crippen molar-refractivity contribution in [1.29, 1.82) is 0 Å². The molecule has 222 valence electrons. The zero-order chi connectivity index (χ0) is 27.4. The number of halogens is 4. The number of hydrogen-bond donors (Lipinski definition) is 0. The molecule has 0 saturated heterocycles. The minimum Gasteiger partial charge on any atom is -1.00 e. The molecule has 3 aromatic rings. The average Bonchev–Trinajstić information content (AvgIpc) is 2.80. The van der Waals surface area contributed by atoms with Crippen LogP contribution in [0.3, 0.4) is 0 Å². The van der Waals surface area contributed by atoms with Crippen molar-refractivity contribution in [3.63, 3.8) is 0 Å². The van der Waals surface area contributed by atoms with Crippen molar-refractivity contribution in [2.45, 2.75) is 92.9 Å². The molecule has 0 aliphatic rings. The summed E-state index contributed by atoms with van der Waals surface area (Å²) in [7, 11) is 0. The Morgan fingerprint density at radius 2 is 0.829 bits per heavy atom. The molecule has 2 aromatic carbocycles. The van der Waals surface area contributed by atoms with Crippen molar-refractivity contribution in [3.05, 3.63) is 86.2 Å². The second kappa shape index (κ2) is 18.4. The first kappa shape index (κ1) is 41.8. The zero-order valence-corrected chi connectivity index (χ0v) is 30.1. The summed E-state index contributed by atoms with van der Waals surface area (Å²) in [6, 6.07) is 12.7. The Bertz CT molecular complexity index is 1180. The monoisotopic (exact) mass is 671 g/mol. The summed E-state index contributed by atoms with van der Waals surface area (Å²) < 4.78 is 0. The van der Waals surface area contributed by atoms with Crippen molar-refractivity contribution in [2.75, 3.05) is 0 Å². The van der Waals surface area contributed by atoms with Gasteiger partial charge in [-0.25, -0.2) is 4.98 Å². The Labute approximate surface area is 283 Å². The molecule has 0 aliphatic carbocycles. The zero-order valence-electron chi connectivity index (χ0n) is 25.7. The van der Waals surface area contributed by atoms with Crippen molar-refractivity contribution in [2.24, 2.45) is 9.98 Å². The first-order chi connectivity index (χ1) is 17.4. The minimum absolute atomic E-state index is 0. The van der Waals surface area contributed by atoms with Crippen LogP contribution in [0.2, 0.25) is 5.02 Å². The number of rotatable bonds is 8. The average molecular weight is 673 g/mol. The van der Waals surface area contributed by atoms with E-state index in [9.17, 15) is 0 Å². The Morgan fingerprint density at radius 1 is 0.561 bits per heavy atom. The van der Waals surface area contributed by atoms with Gasteiger partial charge in [-0.2, -0.15) is 0 Å². The molecule has 0 unspecified atom stereocenters. The van der Waals surface area contributed by atoms with Crippen molar-refractivity contribution in [3.8, 4) is 0 Å². The van der Waals surface area contributed by atoms with Crippen LogP contribution in [-0.4, -0.2) is 17.4 Å². The van der Waals surface area contributed by atoms with Crippen molar-refractivity contribution >= 4 is 35.4 Å². The molecular formula is C33H42Cl4N3V. The third kappa shape index (κ3) is 11.0. The maximum atomic E-state index is 6.52. The van der Waals surface area contributed by atoms with Gasteiger partial charge < -0.3 is 37.2 Å². The number of hydrogen-bond acceptors (Lipinski definition) is 3. The van der Waals surface area contributed by atoms with Crippen LogP contribution in [0.5, 0.6) is 0 Å². The van der Waals surface area contributed by atoms with Crippen LogP contribution in [0.1, 0.15) is 124 Å². The van der Waals surface area contributed by atoms with Crippen LogP contribution in [0.4, 0.5) is 11.4 Å². The SMILES string of the molecule is Cc1cc(C(C)C)c(N=Cc2cc(Cl)cc(C=Nc3c(C(C)C)cc(C)cc3C(C)C)n2)c(C(C)C)c1.[Cl-].[Cl-].[Cl-].[V+3]. The molecule has 1 heterocycles. The van der Waals surface area contributed by atoms with Crippen LogP contribution in [0.15, 0.2) is 46.4 Å². The van der Waals surface area contributed by atoms with E-state index >= 15 is 0 Å². The Balaban J connectivity index is 0. The predicted molar refractivity (Wildman–Crippen MR) is 162 cm³/mol. The van der Waals surface area contributed by atoms with E-state index in [0.717, 1.165) is 22.8 Å². The molecule has 0 aliphatic heterocycles. The summed E-state index contributed by atoms with van der Waals surface area (Å²) in [6.07, 6.45) is 3.66. The fourth-order valence-corrected chi connectivity index (χ4v) is 4.88. The second-order valence-corrected chi connectivity index (χ2v) is 11.8. The Morgan fingerprint density at radius 3 is 1.07 bits per heavy atom. The molecule has 0 amide bonds. The van der Waals surface area contributed by atoms with Gasteiger partial charge in [-0.15, -0.1) is 0 Å². The minimum atomic E-state index is 0. The van der Waals surface area contributed by atoms with Crippen LogP contribution >= 0.6 is 11.6 Å². The standard InChI is InChI=1S/C33H42ClN3.3ClH.V/c1-19(2)28-11-23(9)12-29(20(3)4)32(28)35-17-26-15-25(34)16-27(37-26)18-36-33-30(21(5)6)13-24(10)14-31(33)22(7)8;;;;/h11-22H,1-10H3;3*1H;/q;;;;+3/p-3. The van der Waals surface area contributed by atoms with Crippen LogP contribution in [0, 0.1) is 13.8 Å². The summed E-state index contributed by atoms with van der Waals surface area (Å²) in [4.78, 5) is 14.7. The molecular weight excluding hydrogens is 631 g/mol. The van der Waals surface area contributed by atoms with E-state index in [1.807, 2.05) is 24.6 Å². The molecule has 0 N–H and O–H groups in total. The Hall–Kier alpha value is -1.33. The first-order valence-corrected chi connectivity index (χ1v) is 13.8. The van der Waals surface area contributed by atoms with E-state index in [-0.39, 0.29) is 55.8 Å². The molecule has 0 radical (unpaired) electrons. The van der Waals surface area contributed by atoms with Crippen LogP contribution in [-0.2, 0) is 18.6 Å². The van der Waals surface area contributed by atoms with E-state index in [1.54, 1.807) is 0 Å². The van der Waals surface area contributed by atoms with Gasteiger partial charge in [0.2, 0.25) is 0 Å². The number of benzene rings is 2. The maximum Gasteiger partial charge on any atom is 3.00 e. The molecule has 3 rings (SSSR count). The maximum absolute atomic E-state index is 6.52. The smallest absolute Gasteiger partial charge is 1.00 e. The molecule has 8 heteroatoms. The Kier molecular flexibility index (Phi) is 18.7. The third-order valence-electron chi connectivity index (χ3n) is 6.60. The largest absolute Gasteiger partial charge is 3.00 e. The van der Waals surface area contributed by atoms with Gasteiger partial charge in [0.15, 0.2) is 0 Å². The number of aryl methyl sites for hydroxylation is 2.